The second-order valence-electron chi connectivity index (χ2n) is 6.35. The molecule has 3 rings (SSSR count). The van der Waals surface area contributed by atoms with Gasteiger partial charge in [-0.2, -0.15) is 0 Å². The average Bonchev–Trinajstić information content (AvgIpc) is 2.61. The molecule has 0 aliphatic carbocycles. The Labute approximate surface area is 159 Å². The maximum Gasteiger partial charge on any atom is 0.238 e. The van der Waals surface area contributed by atoms with E-state index in [1.807, 2.05) is 31.2 Å². The fourth-order valence-electron chi connectivity index (χ4n) is 2.79. The molecule has 3 aromatic rings. The van der Waals surface area contributed by atoms with Crippen LogP contribution in [-0.2, 0) is 25.6 Å². The summed E-state index contributed by atoms with van der Waals surface area (Å²) in [5, 5.41) is 5.11. The van der Waals surface area contributed by atoms with Crippen LogP contribution in [0, 0.1) is 6.92 Å². The van der Waals surface area contributed by atoms with Gasteiger partial charge in [0.25, 0.3) is 0 Å². The number of sulfone groups is 1. The Morgan fingerprint density at radius 3 is 2.04 bits per heavy atom. The molecule has 0 amide bonds. The van der Waals surface area contributed by atoms with E-state index in [4.69, 9.17) is 5.14 Å². The van der Waals surface area contributed by atoms with Crippen molar-refractivity contribution in [1.82, 2.24) is 0 Å². The van der Waals surface area contributed by atoms with Gasteiger partial charge in [-0.1, -0.05) is 54.1 Å². The number of sulfonamides is 1. The van der Waals surface area contributed by atoms with Crippen LogP contribution in [0.4, 0.5) is 0 Å². The SMILES string of the molecule is Cc1cccc(-c2ccc(S(=O)(=O)Cc3cccc(S(N)(=O)=O)c3)cc2)c1. The number of primary sulfonamides is 1. The molecule has 0 fully saturated rings. The van der Waals surface area contributed by atoms with Crippen molar-refractivity contribution in [2.45, 2.75) is 22.5 Å². The summed E-state index contributed by atoms with van der Waals surface area (Å²) in [4.78, 5) is 0.0740. The third-order valence-corrected chi connectivity index (χ3v) is 6.76. The zero-order valence-corrected chi connectivity index (χ0v) is 16.3. The van der Waals surface area contributed by atoms with Crippen molar-refractivity contribution in [1.29, 1.82) is 0 Å². The number of hydrogen-bond acceptors (Lipinski definition) is 4. The lowest BCUT2D eigenvalue weighted by Crippen LogP contribution is -2.13. The van der Waals surface area contributed by atoms with Crippen LogP contribution in [0.5, 0.6) is 0 Å². The van der Waals surface area contributed by atoms with E-state index in [0.29, 0.717) is 5.56 Å². The van der Waals surface area contributed by atoms with Gasteiger partial charge in [-0.15, -0.1) is 0 Å². The number of aryl methyl sites for hydroxylation is 1. The molecule has 0 bridgehead atoms. The van der Waals surface area contributed by atoms with Crippen molar-refractivity contribution in [3.8, 4) is 11.1 Å². The molecule has 5 nitrogen and oxygen atoms in total. The van der Waals surface area contributed by atoms with Crippen LogP contribution >= 0.6 is 0 Å². The molecule has 0 radical (unpaired) electrons. The van der Waals surface area contributed by atoms with E-state index in [0.717, 1.165) is 16.7 Å². The third-order valence-electron chi connectivity index (χ3n) is 4.15. The Hall–Kier alpha value is -2.48. The second kappa shape index (κ2) is 7.26. The van der Waals surface area contributed by atoms with Crippen molar-refractivity contribution >= 4 is 19.9 Å². The highest BCUT2D eigenvalue weighted by Crippen LogP contribution is 2.24. The molecule has 2 N–H and O–H groups in total. The minimum absolute atomic E-state index is 0.106. The van der Waals surface area contributed by atoms with E-state index in [2.05, 4.69) is 0 Å². The molecule has 3 aromatic carbocycles. The van der Waals surface area contributed by atoms with Gasteiger partial charge in [-0.25, -0.2) is 22.0 Å². The number of benzene rings is 3. The molecule has 0 spiro atoms. The predicted octanol–water partition coefficient (Wildman–Crippen LogP) is 3.28. The number of rotatable bonds is 5. The zero-order chi connectivity index (χ0) is 19.7. The van der Waals surface area contributed by atoms with Crippen LogP contribution in [-0.4, -0.2) is 16.8 Å². The third kappa shape index (κ3) is 4.63. The Kier molecular flexibility index (Phi) is 5.19. The summed E-state index contributed by atoms with van der Waals surface area (Å²) in [6, 6.07) is 20.3. The lowest BCUT2D eigenvalue weighted by atomic mass is 10.0. The second-order valence-corrected chi connectivity index (χ2v) is 9.90. The maximum absolute atomic E-state index is 12.7. The highest BCUT2D eigenvalue weighted by Gasteiger charge is 2.17. The van der Waals surface area contributed by atoms with Crippen LogP contribution in [0.15, 0.2) is 82.6 Å². The summed E-state index contributed by atoms with van der Waals surface area (Å²) in [5.41, 5.74) is 3.43. The fourth-order valence-corrected chi connectivity index (χ4v) is 4.71. The summed E-state index contributed by atoms with van der Waals surface area (Å²) in [7, 11) is -7.50. The van der Waals surface area contributed by atoms with Gasteiger partial charge in [0.05, 0.1) is 15.5 Å². The molecule has 0 aromatic heterocycles. The molecule has 0 saturated carbocycles. The van der Waals surface area contributed by atoms with Crippen LogP contribution < -0.4 is 5.14 Å². The molecular formula is C20H19NO4S2. The van der Waals surface area contributed by atoms with Crippen LogP contribution in [0.2, 0.25) is 0 Å². The molecule has 0 aliphatic rings. The van der Waals surface area contributed by atoms with Gasteiger partial charge in [0.2, 0.25) is 10.0 Å². The molecule has 27 heavy (non-hydrogen) atoms. The smallest absolute Gasteiger partial charge is 0.225 e. The predicted molar refractivity (Wildman–Crippen MR) is 105 cm³/mol. The summed E-state index contributed by atoms with van der Waals surface area (Å²) < 4.78 is 48.3. The summed E-state index contributed by atoms with van der Waals surface area (Å²) in [6.07, 6.45) is 0. The fraction of sp³-hybridized carbons (Fsp3) is 0.100. The van der Waals surface area contributed by atoms with E-state index in [9.17, 15) is 16.8 Å². The van der Waals surface area contributed by atoms with E-state index in [1.54, 1.807) is 30.3 Å². The van der Waals surface area contributed by atoms with Gasteiger partial charge in [-0.05, 0) is 47.9 Å². The van der Waals surface area contributed by atoms with Crippen molar-refractivity contribution in [2.24, 2.45) is 5.14 Å². The molecular weight excluding hydrogens is 382 g/mol. The van der Waals surface area contributed by atoms with Gasteiger partial charge in [0.1, 0.15) is 0 Å². The molecule has 0 atom stereocenters. The van der Waals surface area contributed by atoms with Gasteiger partial charge in [-0.3, -0.25) is 0 Å². The first-order valence-corrected chi connectivity index (χ1v) is 11.4. The molecule has 0 aliphatic heterocycles. The topological polar surface area (TPSA) is 94.3 Å². The molecule has 140 valence electrons. The van der Waals surface area contributed by atoms with Gasteiger partial charge < -0.3 is 0 Å². The van der Waals surface area contributed by atoms with Crippen molar-refractivity contribution in [2.75, 3.05) is 0 Å². The highest BCUT2D eigenvalue weighted by molar-refractivity contribution is 7.90. The Morgan fingerprint density at radius 1 is 0.741 bits per heavy atom. The summed E-state index contributed by atoms with van der Waals surface area (Å²) >= 11 is 0. The van der Waals surface area contributed by atoms with Crippen molar-refractivity contribution in [3.63, 3.8) is 0 Å². The zero-order valence-electron chi connectivity index (χ0n) is 14.7. The first-order valence-electron chi connectivity index (χ1n) is 8.17. The van der Waals surface area contributed by atoms with Crippen molar-refractivity contribution in [3.05, 3.63) is 83.9 Å². The van der Waals surface area contributed by atoms with E-state index in [-0.39, 0.29) is 15.5 Å². The Morgan fingerprint density at radius 2 is 1.41 bits per heavy atom. The average molecular weight is 402 g/mol. The molecule has 0 unspecified atom stereocenters. The lowest BCUT2D eigenvalue weighted by molar-refractivity contribution is 0.593. The van der Waals surface area contributed by atoms with Gasteiger partial charge in [0, 0.05) is 0 Å². The Balaban J connectivity index is 1.87. The first kappa shape index (κ1) is 19.3. The van der Waals surface area contributed by atoms with E-state index in [1.165, 1.54) is 18.2 Å². The minimum Gasteiger partial charge on any atom is -0.225 e. The van der Waals surface area contributed by atoms with Crippen LogP contribution in [0.25, 0.3) is 11.1 Å². The van der Waals surface area contributed by atoms with Gasteiger partial charge in [0.15, 0.2) is 9.84 Å². The Bertz CT molecular complexity index is 1180. The quantitative estimate of drug-likeness (QED) is 0.710. The van der Waals surface area contributed by atoms with Crippen LogP contribution in [0.3, 0.4) is 0 Å². The largest absolute Gasteiger partial charge is 0.238 e. The van der Waals surface area contributed by atoms with Gasteiger partial charge >= 0.3 is 0 Å². The summed E-state index contributed by atoms with van der Waals surface area (Å²) in [6.45, 7) is 2.00. The standard InChI is InChI=1S/C20H19NO4S2/c1-15-4-2-6-18(12-15)17-8-10-19(11-9-17)26(22,23)14-16-5-3-7-20(13-16)27(21,24)25/h2-13H,14H2,1H3,(H2,21,24,25). The lowest BCUT2D eigenvalue weighted by Gasteiger charge is -2.08. The van der Waals surface area contributed by atoms with Crippen LogP contribution in [0.1, 0.15) is 11.1 Å². The van der Waals surface area contributed by atoms with E-state index < -0.39 is 19.9 Å². The van der Waals surface area contributed by atoms with Crippen molar-refractivity contribution < 1.29 is 16.8 Å². The normalized spacial score (nSPS) is 12.1. The highest BCUT2D eigenvalue weighted by atomic mass is 32.2. The molecule has 7 heteroatoms. The first-order chi connectivity index (χ1) is 12.6. The maximum atomic E-state index is 12.7. The molecule has 0 heterocycles. The summed E-state index contributed by atoms with van der Waals surface area (Å²) in [5.74, 6) is -0.305. The monoisotopic (exact) mass is 401 g/mol. The molecule has 0 saturated heterocycles. The number of hydrogen-bond donors (Lipinski definition) is 1. The number of nitrogens with two attached hydrogens (primary N) is 1. The van der Waals surface area contributed by atoms with E-state index >= 15 is 0 Å². The minimum atomic E-state index is -3.88.